The second-order valence-corrected chi connectivity index (χ2v) is 5.75. The molecule has 0 N–H and O–H groups in total. The lowest BCUT2D eigenvalue weighted by atomic mass is 10.1. The first-order valence-electron chi connectivity index (χ1n) is 4.41. The number of aromatic nitrogens is 1. The van der Waals surface area contributed by atoms with Crippen LogP contribution in [-0.2, 0) is 14.3 Å². The van der Waals surface area contributed by atoms with Crippen molar-refractivity contribution in [2.45, 2.75) is 20.0 Å². The Hall–Kier alpha value is -0.360. The second kappa shape index (κ2) is 4.87. The summed E-state index contributed by atoms with van der Waals surface area (Å²) in [5.41, 5.74) is 1.01. The van der Waals surface area contributed by atoms with E-state index in [-0.39, 0.29) is 5.02 Å². The van der Waals surface area contributed by atoms with Crippen LogP contribution >= 0.6 is 23.2 Å². The maximum absolute atomic E-state index is 11.0. The van der Waals surface area contributed by atoms with E-state index in [0.717, 1.165) is 6.26 Å². The maximum atomic E-state index is 11.0. The smallest absolute Gasteiger partial charge is 0.262 e. The van der Waals surface area contributed by atoms with Gasteiger partial charge in [-0.15, -0.1) is 0 Å². The van der Waals surface area contributed by atoms with Crippen LogP contribution in [0.3, 0.4) is 0 Å². The molecule has 0 saturated heterocycles. The summed E-state index contributed by atoms with van der Waals surface area (Å²) in [5, 5.41) is 0.607. The molecule has 90 valence electrons. The SMILES string of the molecule is Cc1ncc(Cl)c([C@H](C)OS(C)(=O)=O)c1Cl. The van der Waals surface area contributed by atoms with Crippen LogP contribution < -0.4 is 0 Å². The average Bonchev–Trinajstić information content (AvgIpc) is 2.09. The summed E-state index contributed by atoms with van der Waals surface area (Å²) in [6.07, 6.45) is 1.65. The largest absolute Gasteiger partial charge is 0.264 e. The molecule has 0 unspecified atom stereocenters. The Morgan fingerprint density at radius 2 is 2.00 bits per heavy atom. The van der Waals surface area contributed by atoms with Gasteiger partial charge in [0.2, 0.25) is 0 Å². The molecule has 0 radical (unpaired) electrons. The third kappa shape index (κ3) is 3.31. The van der Waals surface area contributed by atoms with Gasteiger partial charge in [0.05, 0.1) is 22.0 Å². The van der Waals surface area contributed by atoms with E-state index in [2.05, 4.69) is 4.98 Å². The van der Waals surface area contributed by atoms with Gasteiger partial charge >= 0.3 is 0 Å². The molecule has 4 nitrogen and oxygen atoms in total. The van der Waals surface area contributed by atoms with E-state index in [4.69, 9.17) is 27.4 Å². The van der Waals surface area contributed by atoms with Gasteiger partial charge in [-0.3, -0.25) is 9.17 Å². The first kappa shape index (κ1) is 13.7. The zero-order chi connectivity index (χ0) is 12.5. The van der Waals surface area contributed by atoms with Gasteiger partial charge in [-0.05, 0) is 13.8 Å². The van der Waals surface area contributed by atoms with Crippen LogP contribution in [0.1, 0.15) is 24.3 Å². The first-order valence-corrected chi connectivity index (χ1v) is 6.98. The molecule has 0 aromatic carbocycles. The Morgan fingerprint density at radius 3 is 2.50 bits per heavy atom. The Balaban J connectivity index is 3.18. The zero-order valence-electron chi connectivity index (χ0n) is 8.99. The van der Waals surface area contributed by atoms with Gasteiger partial charge in [0.25, 0.3) is 10.1 Å². The highest BCUT2D eigenvalue weighted by Gasteiger charge is 2.20. The highest BCUT2D eigenvalue weighted by atomic mass is 35.5. The lowest BCUT2D eigenvalue weighted by Crippen LogP contribution is -2.09. The Labute approximate surface area is 105 Å². The van der Waals surface area contributed by atoms with Gasteiger partial charge in [-0.25, -0.2) is 0 Å². The molecule has 7 heteroatoms. The molecule has 0 bridgehead atoms. The fourth-order valence-electron chi connectivity index (χ4n) is 1.26. The van der Waals surface area contributed by atoms with Crippen LogP contribution in [0.15, 0.2) is 6.20 Å². The number of aryl methyl sites for hydroxylation is 1. The first-order chi connectivity index (χ1) is 7.22. The highest BCUT2D eigenvalue weighted by Crippen LogP contribution is 2.33. The molecule has 0 aliphatic heterocycles. The molecule has 1 aromatic rings. The molecule has 0 aliphatic carbocycles. The molecule has 1 aromatic heterocycles. The minimum Gasteiger partial charge on any atom is -0.262 e. The van der Waals surface area contributed by atoms with Gasteiger partial charge < -0.3 is 0 Å². The van der Waals surface area contributed by atoms with E-state index >= 15 is 0 Å². The number of rotatable bonds is 3. The average molecular weight is 284 g/mol. The summed E-state index contributed by atoms with van der Waals surface area (Å²) >= 11 is 11.9. The topological polar surface area (TPSA) is 56.3 Å². The van der Waals surface area contributed by atoms with Crippen molar-refractivity contribution in [3.8, 4) is 0 Å². The van der Waals surface area contributed by atoms with E-state index in [1.165, 1.54) is 6.20 Å². The summed E-state index contributed by atoms with van der Waals surface area (Å²) in [4.78, 5) is 3.95. The summed E-state index contributed by atoms with van der Waals surface area (Å²) in [5.74, 6) is 0. The van der Waals surface area contributed by atoms with E-state index < -0.39 is 16.2 Å². The molecule has 0 amide bonds. The molecule has 1 rings (SSSR count). The van der Waals surface area contributed by atoms with Gasteiger partial charge in [0, 0.05) is 11.8 Å². The van der Waals surface area contributed by atoms with Crippen molar-refractivity contribution in [3.05, 3.63) is 27.5 Å². The number of nitrogens with zero attached hydrogens (tertiary/aromatic N) is 1. The lowest BCUT2D eigenvalue weighted by molar-refractivity contribution is 0.236. The monoisotopic (exact) mass is 283 g/mol. The minimum absolute atomic E-state index is 0.284. The fourth-order valence-corrected chi connectivity index (χ4v) is 2.53. The summed E-state index contributed by atoms with van der Waals surface area (Å²) in [6.45, 7) is 3.27. The van der Waals surface area contributed by atoms with E-state index in [0.29, 0.717) is 16.3 Å². The Kier molecular flexibility index (Phi) is 4.17. The molecule has 16 heavy (non-hydrogen) atoms. The van der Waals surface area contributed by atoms with Crippen molar-refractivity contribution in [3.63, 3.8) is 0 Å². The van der Waals surface area contributed by atoms with Gasteiger partial charge in [-0.1, -0.05) is 23.2 Å². The normalized spacial score (nSPS) is 13.8. The Morgan fingerprint density at radius 1 is 1.44 bits per heavy atom. The van der Waals surface area contributed by atoms with Crippen molar-refractivity contribution < 1.29 is 12.6 Å². The van der Waals surface area contributed by atoms with Crippen LogP contribution in [0.25, 0.3) is 0 Å². The molecular weight excluding hydrogens is 273 g/mol. The van der Waals surface area contributed by atoms with E-state index in [1.807, 2.05) is 0 Å². The van der Waals surface area contributed by atoms with Crippen molar-refractivity contribution in [2.75, 3.05) is 6.26 Å². The van der Waals surface area contributed by atoms with Gasteiger partial charge in [-0.2, -0.15) is 8.42 Å². The number of hydrogen-bond acceptors (Lipinski definition) is 4. The number of halogens is 2. The predicted molar refractivity (Wildman–Crippen MR) is 63.3 cm³/mol. The fraction of sp³-hybridized carbons (Fsp3) is 0.444. The van der Waals surface area contributed by atoms with Crippen LogP contribution in [0, 0.1) is 6.92 Å². The summed E-state index contributed by atoms with van der Waals surface area (Å²) in [6, 6.07) is 0. The van der Waals surface area contributed by atoms with Crippen molar-refractivity contribution in [1.82, 2.24) is 4.98 Å². The van der Waals surface area contributed by atoms with E-state index in [1.54, 1.807) is 13.8 Å². The van der Waals surface area contributed by atoms with Crippen molar-refractivity contribution in [2.24, 2.45) is 0 Å². The molecular formula is C9H11Cl2NO3S. The van der Waals surface area contributed by atoms with E-state index in [9.17, 15) is 8.42 Å². The molecule has 1 atom stereocenters. The van der Waals surface area contributed by atoms with Crippen molar-refractivity contribution >= 4 is 33.3 Å². The van der Waals surface area contributed by atoms with Crippen LogP contribution in [0.2, 0.25) is 10.0 Å². The third-order valence-electron chi connectivity index (χ3n) is 1.91. The molecule has 1 heterocycles. The number of hydrogen-bond donors (Lipinski definition) is 0. The van der Waals surface area contributed by atoms with Gasteiger partial charge in [0.1, 0.15) is 6.10 Å². The summed E-state index contributed by atoms with van der Waals surface area (Å²) in [7, 11) is -3.56. The molecule has 0 aliphatic rings. The zero-order valence-corrected chi connectivity index (χ0v) is 11.3. The van der Waals surface area contributed by atoms with Crippen LogP contribution in [0.5, 0.6) is 0 Å². The maximum Gasteiger partial charge on any atom is 0.264 e. The number of pyridine rings is 1. The Bertz CT molecular complexity index is 502. The molecule has 0 saturated carbocycles. The van der Waals surface area contributed by atoms with Crippen LogP contribution in [0.4, 0.5) is 0 Å². The standard InChI is InChI=1S/C9H11Cl2NO3S/c1-5-9(11)8(7(10)4-12-5)6(2)15-16(3,13)14/h4,6H,1-3H3/t6-/m0/s1. The second-order valence-electron chi connectivity index (χ2n) is 3.36. The minimum atomic E-state index is -3.56. The lowest BCUT2D eigenvalue weighted by Gasteiger charge is -2.15. The molecule has 0 spiro atoms. The summed E-state index contributed by atoms with van der Waals surface area (Å²) < 4.78 is 26.8. The van der Waals surface area contributed by atoms with Crippen LogP contribution in [-0.4, -0.2) is 19.7 Å². The highest BCUT2D eigenvalue weighted by molar-refractivity contribution is 7.86. The third-order valence-corrected chi connectivity index (χ3v) is 3.33. The quantitative estimate of drug-likeness (QED) is 0.801. The van der Waals surface area contributed by atoms with Gasteiger partial charge in [0.15, 0.2) is 0 Å². The predicted octanol–water partition coefficient (Wildman–Crippen LogP) is 2.73. The molecule has 0 fully saturated rings. The van der Waals surface area contributed by atoms with Crippen molar-refractivity contribution in [1.29, 1.82) is 0 Å².